The van der Waals surface area contributed by atoms with Gasteiger partial charge in [-0.15, -0.1) is 11.8 Å². The molecule has 0 unspecified atom stereocenters. The van der Waals surface area contributed by atoms with Gasteiger partial charge < -0.3 is 4.90 Å². The molecule has 1 aromatic carbocycles. The molecule has 1 amide bonds. The van der Waals surface area contributed by atoms with E-state index < -0.39 is 0 Å². The molecule has 0 radical (unpaired) electrons. The number of piperidine rings is 2. The van der Waals surface area contributed by atoms with E-state index in [1.54, 1.807) is 11.8 Å². The summed E-state index contributed by atoms with van der Waals surface area (Å²) in [5.41, 5.74) is 0.798. The van der Waals surface area contributed by atoms with Gasteiger partial charge in [-0.1, -0.05) is 12.1 Å². The van der Waals surface area contributed by atoms with Crippen molar-refractivity contribution >= 4 is 23.5 Å². The molecular formula is C20H28N2O2S. The van der Waals surface area contributed by atoms with Crippen LogP contribution in [0.5, 0.6) is 0 Å². The van der Waals surface area contributed by atoms with E-state index in [2.05, 4.69) is 4.90 Å². The first-order valence-electron chi connectivity index (χ1n) is 9.36. The van der Waals surface area contributed by atoms with E-state index in [1.165, 1.54) is 11.3 Å². The molecule has 0 bridgehead atoms. The lowest BCUT2D eigenvalue weighted by atomic mass is 9.90. The van der Waals surface area contributed by atoms with Crippen molar-refractivity contribution in [1.82, 2.24) is 9.80 Å². The summed E-state index contributed by atoms with van der Waals surface area (Å²) in [6, 6.07) is 7.90. The van der Waals surface area contributed by atoms with Gasteiger partial charge in [0.05, 0.1) is 6.54 Å². The molecule has 2 fully saturated rings. The maximum atomic E-state index is 12.8. The molecule has 2 aliphatic rings. The number of thioether (sulfide) groups is 1. The predicted octanol–water partition coefficient (Wildman–Crippen LogP) is 3.32. The van der Waals surface area contributed by atoms with E-state index in [4.69, 9.17) is 0 Å². The Morgan fingerprint density at radius 3 is 2.44 bits per heavy atom. The Morgan fingerprint density at radius 2 is 1.76 bits per heavy atom. The lowest BCUT2D eigenvalue weighted by Gasteiger charge is -2.34. The maximum Gasteiger partial charge on any atom is 0.236 e. The van der Waals surface area contributed by atoms with Crippen molar-refractivity contribution < 1.29 is 9.59 Å². The monoisotopic (exact) mass is 360 g/mol. The Hall–Kier alpha value is -1.33. The van der Waals surface area contributed by atoms with E-state index in [1.807, 2.05) is 35.4 Å². The number of ketones is 1. The Kier molecular flexibility index (Phi) is 6.54. The van der Waals surface area contributed by atoms with Crippen molar-refractivity contribution in [2.75, 3.05) is 39.0 Å². The van der Waals surface area contributed by atoms with Crippen LogP contribution in [-0.2, 0) is 4.79 Å². The van der Waals surface area contributed by atoms with Crippen molar-refractivity contribution in [1.29, 1.82) is 0 Å². The minimum Gasteiger partial charge on any atom is -0.342 e. The third-order valence-electron chi connectivity index (χ3n) is 5.32. The molecule has 2 saturated heterocycles. The number of amides is 1. The normalized spacial score (nSPS) is 22.0. The number of carbonyl (C=O) groups is 2. The fourth-order valence-electron chi connectivity index (χ4n) is 3.84. The predicted molar refractivity (Wildman–Crippen MR) is 102 cm³/mol. The molecule has 3 rings (SSSR count). The van der Waals surface area contributed by atoms with Crippen molar-refractivity contribution in [3.8, 4) is 0 Å². The number of hydrogen-bond acceptors (Lipinski definition) is 4. The van der Waals surface area contributed by atoms with Crippen LogP contribution < -0.4 is 0 Å². The van der Waals surface area contributed by atoms with Crippen molar-refractivity contribution in [3.63, 3.8) is 0 Å². The maximum absolute atomic E-state index is 12.8. The van der Waals surface area contributed by atoms with Crippen LogP contribution >= 0.6 is 11.8 Å². The average molecular weight is 361 g/mol. The Balaban J connectivity index is 1.56. The molecule has 4 nitrogen and oxygen atoms in total. The zero-order chi connectivity index (χ0) is 17.6. The van der Waals surface area contributed by atoms with E-state index in [-0.39, 0.29) is 17.6 Å². The largest absolute Gasteiger partial charge is 0.342 e. The third-order valence-corrected chi connectivity index (χ3v) is 6.06. The Morgan fingerprint density at radius 1 is 1.04 bits per heavy atom. The van der Waals surface area contributed by atoms with Gasteiger partial charge in [-0.05, 0) is 57.0 Å². The summed E-state index contributed by atoms with van der Waals surface area (Å²) < 4.78 is 0. The molecule has 2 aliphatic heterocycles. The molecular weight excluding hydrogens is 332 g/mol. The van der Waals surface area contributed by atoms with Crippen LogP contribution in [0.3, 0.4) is 0 Å². The van der Waals surface area contributed by atoms with E-state index in [9.17, 15) is 9.59 Å². The molecule has 1 aromatic rings. The van der Waals surface area contributed by atoms with Crippen LogP contribution in [-0.4, -0.2) is 60.5 Å². The lowest BCUT2D eigenvalue weighted by molar-refractivity contribution is -0.133. The van der Waals surface area contributed by atoms with Gasteiger partial charge in [0.1, 0.15) is 0 Å². The lowest BCUT2D eigenvalue weighted by Crippen LogP contribution is -2.46. The van der Waals surface area contributed by atoms with Crippen LogP contribution in [0.2, 0.25) is 0 Å². The number of nitrogens with zero attached hydrogens (tertiary/aromatic N) is 2. The van der Waals surface area contributed by atoms with Crippen LogP contribution in [0.15, 0.2) is 29.2 Å². The fraction of sp³-hybridized carbons (Fsp3) is 0.600. The van der Waals surface area contributed by atoms with Gasteiger partial charge in [-0.3, -0.25) is 14.5 Å². The number of Topliss-reactive ketones (excluding diaryl/α,β-unsaturated/α-hetero) is 1. The number of carbonyl (C=O) groups excluding carboxylic acids is 2. The highest BCUT2D eigenvalue weighted by Crippen LogP contribution is 2.23. The summed E-state index contributed by atoms with van der Waals surface area (Å²) >= 11 is 1.68. The van der Waals surface area contributed by atoms with Crippen molar-refractivity contribution in [2.24, 2.45) is 5.92 Å². The molecule has 25 heavy (non-hydrogen) atoms. The molecule has 0 saturated carbocycles. The van der Waals surface area contributed by atoms with Gasteiger partial charge in [0.15, 0.2) is 5.78 Å². The van der Waals surface area contributed by atoms with Gasteiger partial charge in [0.25, 0.3) is 0 Å². The van der Waals surface area contributed by atoms with Gasteiger partial charge in [0.2, 0.25) is 5.91 Å². The quantitative estimate of drug-likeness (QED) is 0.597. The molecule has 2 heterocycles. The molecule has 136 valence electrons. The first-order valence-corrected chi connectivity index (χ1v) is 10.6. The van der Waals surface area contributed by atoms with Gasteiger partial charge in [-0.2, -0.15) is 0 Å². The van der Waals surface area contributed by atoms with Crippen molar-refractivity contribution in [2.45, 2.75) is 37.0 Å². The minimum absolute atomic E-state index is 0.0167. The topological polar surface area (TPSA) is 40.6 Å². The highest BCUT2D eigenvalue weighted by atomic mass is 32.2. The summed E-state index contributed by atoms with van der Waals surface area (Å²) in [5.74, 6) is 0.475. The SMILES string of the molecule is CSc1ccc(C(=O)[C@@H]2CCCN(CC(=O)N3CCCCC3)C2)cc1. The first kappa shape index (κ1) is 18.5. The van der Waals surface area contributed by atoms with Gasteiger partial charge >= 0.3 is 0 Å². The summed E-state index contributed by atoms with van der Waals surface area (Å²) in [6.45, 7) is 3.90. The second kappa shape index (κ2) is 8.86. The second-order valence-corrected chi connectivity index (χ2v) is 7.99. The van der Waals surface area contributed by atoms with Crippen LogP contribution in [0.4, 0.5) is 0 Å². The van der Waals surface area contributed by atoms with Crippen LogP contribution in [0.25, 0.3) is 0 Å². The molecule has 1 atom stereocenters. The van der Waals surface area contributed by atoms with Crippen LogP contribution in [0, 0.1) is 5.92 Å². The zero-order valence-electron chi connectivity index (χ0n) is 15.1. The highest BCUT2D eigenvalue weighted by Gasteiger charge is 2.28. The highest BCUT2D eigenvalue weighted by molar-refractivity contribution is 7.98. The number of likely N-dealkylation sites (tertiary alicyclic amines) is 2. The van der Waals surface area contributed by atoms with E-state index in [0.29, 0.717) is 13.1 Å². The minimum atomic E-state index is 0.0167. The van der Waals surface area contributed by atoms with E-state index in [0.717, 1.165) is 50.9 Å². The second-order valence-electron chi connectivity index (χ2n) is 7.11. The van der Waals surface area contributed by atoms with Gasteiger partial charge in [-0.25, -0.2) is 0 Å². The summed E-state index contributed by atoms with van der Waals surface area (Å²) in [6.07, 6.45) is 7.44. The fourth-order valence-corrected chi connectivity index (χ4v) is 4.25. The van der Waals surface area contributed by atoms with Crippen molar-refractivity contribution in [3.05, 3.63) is 29.8 Å². The number of hydrogen-bond donors (Lipinski definition) is 0. The summed E-state index contributed by atoms with van der Waals surface area (Å²) in [4.78, 5) is 30.6. The van der Waals surface area contributed by atoms with Crippen LogP contribution in [0.1, 0.15) is 42.5 Å². The number of benzene rings is 1. The molecule has 0 spiro atoms. The smallest absolute Gasteiger partial charge is 0.236 e. The average Bonchev–Trinajstić information content (AvgIpc) is 2.68. The zero-order valence-corrected chi connectivity index (χ0v) is 15.9. The molecule has 0 aromatic heterocycles. The van der Waals surface area contributed by atoms with E-state index >= 15 is 0 Å². The standard InChI is InChI=1S/C20H28N2O2S/c1-25-18-9-7-16(8-10-18)20(24)17-6-5-11-21(14-17)15-19(23)22-12-3-2-4-13-22/h7-10,17H,2-6,11-15H2,1H3/t17-/m1/s1. The van der Waals surface area contributed by atoms with Gasteiger partial charge in [0, 0.05) is 36.0 Å². The summed E-state index contributed by atoms with van der Waals surface area (Å²) in [7, 11) is 0. The molecule has 0 aliphatic carbocycles. The Labute approximate surface area is 154 Å². The molecule has 0 N–H and O–H groups in total. The third kappa shape index (κ3) is 4.85. The molecule has 5 heteroatoms. The Bertz CT molecular complexity index is 596. The first-order chi connectivity index (χ1) is 12.2. The summed E-state index contributed by atoms with van der Waals surface area (Å²) in [5, 5.41) is 0. The number of rotatable bonds is 5.